The molecule has 0 aromatic heterocycles. The molecule has 1 N–H and O–H groups in total. The Kier molecular flexibility index (Phi) is 5.88. The fourth-order valence-corrected chi connectivity index (χ4v) is 2.16. The van der Waals surface area contributed by atoms with Crippen molar-refractivity contribution in [1.82, 2.24) is 0 Å². The predicted octanol–water partition coefficient (Wildman–Crippen LogP) is 3.25. The molecular weight excluding hydrogens is 332 g/mol. The number of hydrogen-bond donors (Lipinski definition) is 1. The van der Waals surface area contributed by atoms with Gasteiger partial charge in [-0.1, -0.05) is 11.6 Å². The molecule has 0 radical (unpaired) electrons. The normalized spacial score (nSPS) is 9.75. The molecule has 0 saturated heterocycles. The molecule has 6 nitrogen and oxygen atoms in total. The third kappa shape index (κ3) is 4.31. The maximum absolute atomic E-state index is 12.1. The summed E-state index contributed by atoms with van der Waals surface area (Å²) in [7, 11) is 3.04. The summed E-state index contributed by atoms with van der Waals surface area (Å²) in [5, 5.41) is 11.7. The first-order valence-corrected chi connectivity index (χ1v) is 7.29. The maximum atomic E-state index is 12.1. The Balaban J connectivity index is 2.03. The molecule has 0 atom stereocenters. The first kappa shape index (κ1) is 17.4. The van der Waals surface area contributed by atoms with Gasteiger partial charge in [-0.25, -0.2) is 0 Å². The van der Waals surface area contributed by atoms with E-state index in [9.17, 15) is 4.79 Å². The molecule has 0 saturated carbocycles. The van der Waals surface area contributed by atoms with Crippen LogP contribution in [0.5, 0.6) is 17.2 Å². The SMILES string of the molecule is COc1ccc(OC)c(NC(=O)COc2ccc(C#N)cc2Cl)c1. The fraction of sp³-hybridized carbons (Fsp3) is 0.176. The van der Waals surface area contributed by atoms with Gasteiger partial charge in [0.15, 0.2) is 6.61 Å². The number of rotatable bonds is 6. The highest BCUT2D eigenvalue weighted by Gasteiger charge is 2.11. The average molecular weight is 347 g/mol. The van der Waals surface area contributed by atoms with Gasteiger partial charge in [0.2, 0.25) is 0 Å². The summed E-state index contributed by atoms with van der Waals surface area (Å²) < 4.78 is 15.7. The molecule has 0 fully saturated rings. The Morgan fingerprint density at radius 2 is 1.92 bits per heavy atom. The standard InChI is InChI=1S/C17H15ClN2O4/c1-22-12-4-6-16(23-2)14(8-12)20-17(21)10-24-15-5-3-11(9-19)7-13(15)18/h3-8H,10H2,1-2H3,(H,20,21). The van der Waals surface area contributed by atoms with E-state index in [1.54, 1.807) is 30.3 Å². The van der Waals surface area contributed by atoms with Gasteiger partial charge in [-0.05, 0) is 30.3 Å². The van der Waals surface area contributed by atoms with Gasteiger partial charge in [-0.2, -0.15) is 5.26 Å². The summed E-state index contributed by atoms with van der Waals surface area (Å²) in [6, 6.07) is 11.6. The molecule has 0 bridgehead atoms. The number of carbonyl (C=O) groups excluding carboxylic acids is 1. The Morgan fingerprint density at radius 3 is 2.54 bits per heavy atom. The van der Waals surface area contributed by atoms with E-state index in [1.165, 1.54) is 20.3 Å². The molecule has 0 aliphatic rings. The highest BCUT2D eigenvalue weighted by molar-refractivity contribution is 6.32. The van der Waals surface area contributed by atoms with E-state index in [-0.39, 0.29) is 17.5 Å². The van der Waals surface area contributed by atoms with Crippen LogP contribution in [0.2, 0.25) is 5.02 Å². The van der Waals surface area contributed by atoms with Gasteiger partial charge >= 0.3 is 0 Å². The molecular formula is C17H15ClN2O4. The molecule has 2 rings (SSSR count). The third-order valence-corrected chi connectivity index (χ3v) is 3.40. The number of ether oxygens (including phenoxy) is 3. The van der Waals surface area contributed by atoms with Crippen LogP contribution in [-0.4, -0.2) is 26.7 Å². The summed E-state index contributed by atoms with van der Waals surface area (Å²) in [6.07, 6.45) is 0. The summed E-state index contributed by atoms with van der Waals surface area (Å²) in [5.41, 5.74) is 0.884. The van der Waals surface area contributed by atoms with Crippen molar-refractivity contribution >= 4 is 23.2 Å². The molecule has 0 spiro atoms. The summed E-state index contributed by atoms with van der Waals surface area (Å²) >= 11 is 5.99. The van der Waals surface area contributed by atoms with Crippen LogP contribution in [0.25, 0.3) is 0 Å². The summed E-state index contributed by atoms with van der Waals surface area (Å²) in [5.74, 6) is 1.02. The molecule has 7 heteroatoms. The smallest absolute Gasteiger partial charge is 0.262 e. The summed E-state index contributed by atoms with van der Waals surface area (Å²) in [4.78, 5) is 12.1. The van der Waals surface area contributed by atoms with Gasteiger partial charge in [0, 0.05) is 6.07 Å². The maximum Gasteiger partial charge on any atom is 0.262 e. The number of carbonyl (C=O) groups is 1. The van der Waals surface area contributed by atoms with Crippen LogP contribution in [0.3, 0.4) is 0 Å². The molecule has 0 aliphatic carbocycles. The zero-order chi connectivity index (χ0) is 17.5. The Labute approximate surface area is 144 Å². The van der Waals surface area contributed by atoms with E-state index in [1.807, 2.05) is 6.07 Å². The van der Waals surface area contributed by atoms with Crippen LogP contribution >= 0.6 is 11.6 Å². The van der Waals surface area contributed by atoms with E-state index in [0.717, 1.165) is 0 Å². The van der Waals surface area contributed by atoms with Crippen molar-refractivity contribution in [2.75, 3.05) is 26.1 Å². The van der Waals surface area contributed by atoms with Crippen LogP contribution in [0.1, 0.15) is 5.56 Å². The second-order valence-electron chi connectivity index (χ2n) is 4.66. The van der Waals surface area contributed by atoms with Gasteiger partial charge in [0.05, 0.1) is 36.6 Å². The van der Waals surface area contributed by atoms with Gasteiger partial charge in [-0.3, -0.25) is 4.79 Å². The number of halogens is 1. The van der Waals surface area contributed by atoms with E-state index in [0.29, 0.717) is 28.5 Å². The molecule has 2 aromatic rings. The van der Waals surface area contributed by atoms with Crippen molar-refractivity contribution in [3.05, 3.63) is 47.0 Å². The Hall–Kier alpha value is -2.91. The Morgan fingerprint density at radius 1 is 1.17 bits per heavy atom. The quantitative estimate of drug-likeness (QED) is 0.868. The number of nitrogens with one attached hydrogen (secondary N) is 1. The molecule has 0 heterocycles. The van der Waals surface area contributed by atoms with Gasteiger partial charge in [0.25, 0.3) is 5.91 Å². The van der Waals surface area contributed by atoms with E-state index < -0.39 is 0 Å². The van der Waals surface area contributed by atoms with Crippen molar-refractivity contribution in [3.63, 3.8) is 0 Å². The van der Waals surface area contributed by atoms with Crippen molar-refractivity contribution in [3.8, 4) is 23.3 Å². The van der Waals surface area contributed by atoms with Gasteiger partial charge < -0.3 is 19.5 Å². The second-order valence-corrected chi connectivity index (χ2v) is 5.07. The molecule has 1 amide bonds. The van der Waals surface area contributed by atoms with Gasteiger partial charge in [-0.15, -0.1) is 0 Å². The van der Waals surface area contributed by atoms with Crippen LogP contribution in [0, 0.1) is 11.3 Å². The zero-order valence-corrected chi connectivity index (χ0v) is 13.9. The Bertz CT molecular complexity index is 787. The number of nitriles is 1. The van der Waals surface area contributed by atoms with Crippen LogP contribution in [0.15, 0.2) is 36.4 Å². The minimum atomic E-state index is -0.387. The predicted molar refractivity (Wildman–Crippen MR) is 89.8 cm³/mol. The summed E-state index contributed by atoms with van der Waals surface area (Å²) in [6.45, 7) is -0.244. The highest BCUT2D eigenvalue weighted by atomic mass is 35.5. The number of hydrogen-bond acceptors (Lipinski definition) is 5. The van der Waals surface area contributed by atoms with E-state index in [2.05, 4.69) is 5.32 Å². The van der Waals surface area contributed by atoms with E-state index in [4.69, 9.17) is 31.1 Å². The number of nitrogens with zero attached hydrogens (tertiary/aromatic N) is 1. The lowest BCUT2D eigenvalue weighted by molar-refractivity contribution is -0.118. The second kappa shape index (κ2) is 8.09. The van der Waals surface area contributed by atoms with Crippen molar-refractivity contribution in [1.29, 1.82) is 5.26 Å². The first-order valence-electron chi connectivity index (χ1n) is 6.91. The number of amides is 1. The minimum Gasteiger partial charge on any atom is -0.497 e. The lowest BCUT2D eigenvalue weighted by atomic mass is 10.2. The van der Waals surface area contributed by atoms with Crippen LogP contribution < -0.4 is 19.5 Å². The van der Waals surface area contributed by atoms with Crippen molar-refractivity contribution in [2.24, 2.45) is 0 Å². The fourth-order valence-electron chi connectivity index (χ4n) is 1.93. The third-order valence-electron chi connectivity index (χ3n) is 3.10. The molecule has 24 heavy (non-hydrogen) atoms. The molecule has 2 aromatic carbocycles. The van der Waals surface area contributed by atoms with Crippen molar-refractivity contribution < 1.29 is 19.0 Å². The number of anilines is 1. The first-order chi connectivity index (χ1) is 11.6. The lowest BCUT2D eigenvalue weighted by Gasteiger charge is -2.12. The van der Waals surface area contributed by atoms with Crippen LogP contribution in [0.4, 0.5) is 5.69 Å². The number of methoxy groups -OCH3 is 2. The monoisotopic (exact) mass is 346 g/mol. The minimum absolute atomic E-state index is 0.244. The van der Waals surface area contributed by atoms with Gasteiger partial charge in [0.1, 0.15) is 17.2 Å². The average Bonchev–Trinajstić information content (AvgIpc) is 2.60. The largest absolute Gasteiger partial charge is 0.497 e. The van der Waals surface area contributed by atoms with Crippen LogP contribution in [-0.2, 0) is 4.79 Å². The number of benzene rings is 2. The molecule has 124 valence electrons. The van der Waals surface area contributed by atoms with Crippen molar-refractivity contribution in [2.45, 2.75) is 0 Å². The lowest BCUT2D eigenvalue weighted by Crippen LogP contribution is -2.20. The highest BCUT2D eigenvalue weighted by Crippen LogP contribution is 2.29. The molecule has 0 aliphatic heterocycles. The topological polar surface area (TPSA) is 80.6 Å². The molecule has 0 unspecified atom stereocenters. The zero-order valence-electron chi connectivity index (χ0n) is 13.1. The van der Waals surface area contributed by atoms with E-state index >= 15 is 0 Å².